The van der Waals surface area contributed by atoms with E-state index in [1.54, 1.807) is 17.7 Å². The van der Waals surface area contributed by atoms with Gasteiger partial charge in [0.2, 0.25) is 0 Å². The Morgan fingerprint density at radius 1 is 1.11 bits per heavy atom. The minimum atomic E-state index is 0.559. The number of anilines is 2. The van der Waals surface area contributed by atoms with Gasteiger partial charge in [0.15, 0.2) is 0 Å². The second kappa shape index (κ2) is 8.03. The summed E-state index contributed by atoms with van der Waals surface area (Å²) < 4.78 is 0. The summed E-state index contributed by atoms with van der Waals surface area (Å²) in [4.78, 5) is 21.2. The SMILES string of the molecule is CCCN(c1ccc(C)nc1)C1CCN(c2ncnc3sc(C)c(C)c23)CC1. The fraction of sp³-hybridized carbons (Fsp3) is 0.500. The normalized spacial score (nSPS) is 15.4. The maximum Gasteiger partial charge on any atom is 0.141 e. The monoisotopic (exact) mass is 395 g/mol. The highest BCUT2D eigenvalue weighted by molar-refractivity contribution is 7.18. The Labute approximate surface area is 171 Å². The third-order valence-electron chi connectivity index (χ3n) is 5.84. The summed E-state index contributed by atoms with van der Waals surface area (Å²) in [6.45, 7) is 11.8. The third kappa shape index (κ3) is 3.58. The second-order valence-electron chi connectivity index (χ2n) is 7.73. The Balaban J connectivity index is 1.53. The maximum atomic E-state index is 4.68. The van der Waals surface area contributed by atoms with E-state index in [1.165, 1.54) is 21.5 Å². The van der Waals surface area contributed by atoms with Crippen molar-refractivity contribution in [1.82, 2.24) is 15.0 Å². The van der Waals surface area contributed by atoms with Gasteiger partial charge in [0.05, 0.1) is 17.3 Å². The summed E-state index contributed by atoms with van der Waals surface area (Å²) in [7, 11) is 0. The summed E-state index contributed by atoms with van der Waals surface area (Å²) in [5.74, 6) is 1.12. The number of thiophene rings is 1. The van der Waals surface area contributed by atoms with E-state index in [9.17, 15) is 0 Å². The van der Waals surface area contributed by atoms with Crippen molar-refractivity contribution in [3.63, 3.8) is 0 Å². The molecule has 6 heteroatoms. The molecule has 0 radical (unpaired) electrons. The molecular weight excluding hydrogens is 366 g/mol. The summed E-state index contributed by atoms with van der Waals surface area (Å²) in [6, 6.07) is 4.89. The van der Waals surface area contributed by atoms with Gasteiger partial charge in [-0.1, -0.05) is 6.92 Å². The predicted octanol–water partition coefficient (Wildman–Crippen LogP) is 4.90. The van der Waals surface area contributed by atoms with E-state index < -0.39 is 0 Å². The van der Waals surface area contributed by atoms with Gasteiger partial charge >= 0.3 is 0 Å². The molecule has 1 aliphatic rings. The molecule has 1 saturated heterocycles. The van der Waals surface area contributed by atoms with Crippen molar-refractivity contribution in [1.29, 1.82) is 0 Å². The van der Waals surface area contributed by atoms with Crippen molar-refractivity contribution < 1.29 is 0 Å². The van der Waals surface area contributed by atoms with Gasteiger partial charge in [-0.15, -0.1) is 11.3 Å². The lowest BCUT2D eigenvalue weighted by Crippen LogP contribution is -2.45. The summed E-state index contributed by atoms with van der Waals surface area (Å²) in [5.41, 5.74) is 3.65. The highest BCUT2D eigenvalue weighted by Gasteiger charge is 2.27. The first-order valence-electron chi connectivity index (χ1n) is 10.2. The van der Waals surface area contributed by atoms with Gasteiger partial charge in [0.1, 0.15) is 17.0 Å². The number of hydrogen-bond donors (Lipinski definition) is 0. The minimum absolute atomic E-state index is 0.559. The van der Waals surface area contributed by atoms with Crippen LogP contribution >= 0.6 is 11.3 Å². The van der Waals surface area contributed by atoms with Crippen LogP contribution in [0.1, 0.15) is 42.3 Å². The molecule has 4 heterocycles. The van der Waals surface area contributed by atoms with Crippen LogP contribution in [0, 0.1) is 20.8 Å². The van der Waals surface area contributed by atoms with Gasteiger partial charge in [-0.2, -0.15) is 0 Å². The fourth-order valence-corrected chi connectivity index (χ4v) is 5.18. The molecule has 0 N–H and O–H groups in total. The molecule has 0 spiro atoms. The van der Waals surface area contributed by atoms with Gasteiger partial charge in [-0.05, 0) is 57.7 Å². The Hall–Kier alpha value is -2.21. The number of hydrogen-bond acceptors (Lipinski definition) is 6. The molecule has 0 bridgehead atoms. The van der Waals surface area contributed by atoms with Crippen molar-refractivity contribution in [2.45, 2.75) is 53.0 Å². The van der Waals surface area contributed by atoms with E-state index >= 15 is 0 Å². The highest BCUT2D eigenvalue weighted by Crippen LogP contribution is 2.35. The molecule has 0 atom stereocenters. The van der Waals surface area contributed by atoms with Gasteiger partial charge in [0, 0.05) is 36.2 Å². The van der Waals surface area contributed by atoms with Crippen LogP contribution in [-0.4, -0.2) is 40.6 Å². The zero-order valence-corrected chi connectivity index (χ0v) is 18.1. The molecule has 148 valence electrons. The van der Waals surface area contributed by atoms with Crippen LogP contribution in [0.2, 0.25) is 0 Å². The molecule has 1 aliphatic heterocycles. The molecule has 1 fully saturated rings. The molecule has 0 aromatic carbocycles. The molecule has 3 aromatic heterocycles. The Morgan fingerprint density at radius 3 is 2.57 bits per heavy atom. The number of nitrogens with zero attached hydrogens (tertiary/aromatic N) is 5. The van der Waals surface area contributed by atoms with Crippen LogP contribution in [0.3, 0.4) is 0 Å². The molecule has 0 saturated carbocycles. The Bertz CT molecular complexity index is 941. The Kier molecular flexibility index (Phi) is 5.49. The second-order valence-corrected chi connectivity index (χ2v) is 8.93. The van der Waals surface area contributed by atoms with Crippen LogP contribution < -0.4 is 9.80 Å². The average molecular weight is 396 g/mol. The van der Waals surface area contributed by atoms with Gasteiger partial charge in [0.25, 0.3) is 0 Å². The third-order valence-corrected chi connectivity index (χ3v) is 6.96. The molecule has 3 aromatic rings. The van der Waals surface area contributed by atoms with Gasteiger partial charge in [-0.25, -0.2) is 9.97 Å². The predicted molar refractivity (Wildman–Crippen MR) is 119 cm³/mol. The Morgan fingerprint density at radius 2 is 1.89 bits per heavy atom. The van der Waals surface area contributed by atoms with Crippen molar-refractivity contribution >= 4 is 33.1 Å². The topological polar surface area (TPSA) is 45.2 Å². The molecule has 0 aliphatic carbocycles. The van der Waals surface area contributed by atoms with Crippen molar-refractivity contribution in [3.05, 3.63) is 40.8 Å². The lowest BCUT2D eigenvalue weighted by Gasteiger charge is -2.40. The van der Waals surface area contributed by atoms with E-state index in [-0.39, 0.29) is 0 Å². The standard InChI is InChI=1S/C22H29N5S/c1-5-10-27(19-7-6-15(2)23-13-19)18-8-11-26(12-9-18)21-20-16(3)17(4)28-22(20)25-14-24-21/h6-7,13-14,18H,5,8-12H2,1-4H3. The first-order chi connectivity index (χ1) is 13.6. The zero-order valence-electron chi connectivity index (χ0n) is 17.3. The van der Waals surface area contributed by atoms with E-state index in [1.807, 2.05) is 13.1 Å². The summed E-state index contributed by atoms with van der Waals surface area (Å²) in [5, 5.41) is 1.25. The fourth-order valence-electron chi connectivity index (χ4n) is 4.19. The van der Waals surface area contributed by atoms with Crippen LogP contribution in [0.25, 0.3) is 10.2 Å². The van der Waals surface area contributed by atoms with Crippen LogP contribution in [0.4, 0.5) is 11.5 Å². The van der Waals surface area contributed by atoms with Crippen LogP contribution in [-0.2, 0) is 0 Å². The highest BCUT2D eigenvalue weighted by atomic mass is 32.1. The van der Waals surface area contributed by atoms with Gasteiger partial charge < -0.3 is 9.80 Å². The number of fused-ring (bicyclic) bond motifs is 1. The number of pyridine rings is 1. The van der Waals surface area contributed by atoms with Crippen LogP contribution in [0.5, 0.6) is 0 Å². The molecule has 0 amide bonds. The molecule has 4 rings (SSSR count). The number of piperidine rings is 1. The van der Waals surface area contributed by atoms with E-state index in [0.717, 1.165) is 55.2 Å². The minimum Gasteiger partial charge on any atom is -0.367 e. The maximum absolute atomic E-state index is 4.68. The lowest BCUT2D eigenvalue weighted by atomic mass is 10.0. The van der Waals surface area contributed by atoms with Crippen molar-refractivity contribution in [3.8, 4) is 0 Å². The first kappa shape index (κ1) is 19.1. The zero-order chi connectivity index (χ0) is 19.7. The summed E-state index contributed by atoms with van der Waals surface area (Å²) >= 11 is 1.77. The molecule has 0 unspecified atom stereocenters. The molecule has 28 heavy (non-hydrogen) atoms. The van der Waals surface area contributed by atoms with Crippen molar-refractivity contribution in [2.24, 2.45) is 0 Å². The van der Waals surface area contributed by atoms with E-state index in [4.69, 9.17) is 0 Å². The van der Waals surface area contributed by atoms with Crippen LogP contribution in [0.15, 0.2) is 24.7 Å². The van der Waals surface area contributed by atoms with Gasteiger partial charge in [-0.3, -0.25) is 4.98 Å². The summed E-state index contributed by atoms with van der Waals surface area (Å²) in [6.07, 6.45) is 7.18. The smallest absolute Gasteiger partial charge is 0.141 e. The number of aryl methyl sites for hydroxylation is 3. The largest absolute Gasteiger partial charge is 0.367 e. The first-order valence-corrected chi connectivity index (χ1v) is 11.0. The van der Waals surface area contributed by atoms with E-state index in [2.05, 4.69) is 57.7 Å². The molecular formula is C22H29N5S. The number of aromatic nitrogens is 3. The average Bonchev–Trinajstić information content (AvgIpc) is 3.01. The number of rotatable bonds is 5. The van der Waals surface area contributed by atoms with Crippen molar-refractivity contribution in [2.75, 3.05) is 29.4 Å². The molecule has 5 nitrogen and oxygen atoms in total. The quantitative estimate of drug-likeness (QED) is 0.615. The lowest BCUT2D eigenvalue weighted by molar-refractivity contribution is 0.462. The van der Waals surface area contributed by atoms with E-state index in [0.29, 0.717) is 6.04 Å².